The Bertz CT molecular complexity index is 646. The Kier molecular flexibility index (Phi) is 6.09. The van der Waals surface area contributed by atoms with Gasteiger partial charge in [-0.1, -0.05) is 28.9 Å². The molecule has 0 aliphatic heterocycles. The maximum atomic E-state index is 12.1. The molecule has 0 spiro atoms. The molecular weight excluding hydrogens is 344 g/mol. The molecule has 0 unspecified atom stereocenters. The van der Waals surface area contributed by atoms with Gasteiger partial charge in [-0.25, -0.2) is 5.43 Å². The van der Waals surface area contributed by atoms with Crippen LogP contribution in [0.2, 0.25) is 0 Å². The van der Waals surface area contributed by atoms with Crippen LogP contribution in [-0.2, 0) is 4.79 Å². The highest BCUT2D eigenvalue weighted by atomic mass is 79.9. The van der Waals surface area contributed by atoms with E-state index >= 15 is 0 Å². The second-order valence-electron chi connectivity index (χ2n) is 4.63. The highest BCUT2D eigenvalue weighted by Gasteiger charge is 2.15. The number of aromatic nitrogens is 1. The van der Waals surface area contributed by atoms with Crippen molar-refractivity contribution >= 4 is 33.7 Å². The van der Waals surface area contributed by atoms with Gasteiger partial charge in [0.15, 0.2) is 0 Å². The second kappa shape index (κ2) is 8.29. The SMILES string of the molecule is CC[C@@H](Nc1cccc(Br)c1)C(=O)N/N=C\c1ccncc1. The van der Waals surface area contributed by atoms with E-state index in [2.05, 4.69) is 36.8 Å². The van der Waals surface area contributed by atoms with E-state index in [1.807, 2.05) is 43.3 Å². The largest absolute Gasteiger partial charge is 0.374 e. The summed E-state index contributed by atoms with van der Waals surface area (Å²) in [4.78, 5) is 16.1. The van der Waals surface area contributed by atoms with Crippen molar-refractivity contribution in [1.29, 1.82) is 0 Å². The number of hydrogen-bond donors (Lipinski definition) is 2. The number of halogens is 1. The van der Waals surface area contributed by atoms with Crippen LogP contribution in [0.4, 0.5) is 5.69 Å². The fraction of sp³-hybridized carbons (Fsp3) is 0.188. The third-order valence-electron chi connectivity index (χ3n) is 2.98. The molecule has 1 heterocycles. The molecule has 1 aromatic heterocycles. The molecule has 0 aliphatic carbocycles. The van der Waals surface area contributed by atoms with E-state index in [0.717, 1.165) is 15.7 Å². The number of nitrogens with zero attached hydrogens (tertiary/aromatic N) is 2. The third-order valence-corrected chi connectivity index (χ3v) is 3.48. The lowest BCUT2D eigenvalue weighted by molar-refractivity contribution is -0.121. The Balaban J connectivity index is 1.93. The fourth-order valence-corrected chi connectivity index (χ4v) is 2.23. The van der Waals surface area contributed by atoms with Gasteiger partial charge in [-0.15, -0.1) is 0 Å². The quantitative estimate of drug-likeness (QED) is 0.614. The van der Waals surface area contributed by atoms with Crippen LogP contribution < -0.4 is 10.7 Å². The Hall–Kier alpha value is -2.21. The zero-order valence-corrected chi connectivity index (χ0v) is 13.7. The Morgan fingerprint density at radius 3 is 2.82 bits per heavy atom. The standard InChI is InChI=1S/C16H17BrN4O/c1-2-15(20-14-5-3-4-13(17)10-14)16(22)21-19-11-12-6-8-18-9-7-12/h3-11,15,20H,2H2,1H3,(H,21,22)/b19-11-/t15-/m1/s1. The molecule has 5 nitrogen and oxygen atoms in total. The van der Waals surface area contributed by atoms with Gasteiger partial charge in [0.05, 0.1) is 6.21 Å². The Morgan fingerprint density at radius 2 is 2.14 bits per heavy atom. The van der Waals surface area contributed by atoms with E-state index in [0.29, 0.717) is 6.42 Å². The molecule has 22 heavy (non-hydrogen) atoms. The number of carbonyl (C=O) groups is 1. The van der Waals surface area contributed by atoms with Crippen LogP contribution in [0.25, 0.3) is 0 Å². The summed E-state index contributed by atoms with van der Waals surface area (Å²) < 4.78 is 0.962. The van der Waals surface area contributed by atoms with E-state index in [9.17, 15) is 4.79 Å². The minimum Gasteiger partial charge on any atom is -0.374 e. The van der Waals surface area contributed by atoms with Gasteiger partial charge in [-0.05, 0) is 42.3 Å². The number of benzene rings is 1. The van der Waals surface area contributed by atoms with Gasteiger partial charge in [0.25, 0.3) is 5.91 Å². The van der Waals surface area contributed by atoms with E-state index < -0.39 is 0 Å². The first-order valence-electron chi connectivity index (χ1n) is 6.94. The number of pyridine rings is 1. The van der Waals surface area contributed by atoms with Gasteiger partial charge in [0.2, 0.25) is 0 Å². The number of hydrazone groups is 1. The highest BCUT2D eigenvalue weighted by molar-refractivity contribution is 9.10. The molecule has 0 saturated carbocycles. The molecule has 0 aliphatic rings. The van der Waals surface area contributed by atoms with Crippen LogP contribution in [0.3, 0.4) is 0 Å². The number of amides is 1. The summed E-state index contributed by atoms with van der Waals surface area (Å²) in [5, 5.41) is 7.16. The number of rotatable bonds is 6. The van der Waals surface area contributed by atoms with Crippen LogP contribution in [-0.4, -0.2) is 23.1 Å². The number of anilines is 1. The van der Waals surface area contributed by atoms with Crippen LogP contribution >= 0.6 is 15.9 Å². The van der Waals surface area contributed by atoms with E-state index in [-0.39, 0.29) is 11.9 Å². The number of carbonyl (C=O) groups excluding carboxylic acids is 1. The lowest BCUT2D eigenvalue weighted by Crippen LogP contribution is -2.36. The summed E-state index contributed by atoms with van der Waals surface area (Å²) in [7, 11) is 0. The molecule has 2 aromatic rings. The number of nitrogens with one attached hydrogen (secondary N) is 2. The molecule has 2 rings (SSSR count). The Labute approximate surface area is 138 Å². The van der Waals surface area contributed by atoms with Crippen molar-refractivity contribution in [2.75, 3.05) is 5.32 Å². The van der Waals surface area contributed by atoms with Crippen molar-refractivity contribution in [1.82, 2.24) is 10.4 Å². The average Bonchev–Trinajstić information content (AvgIpc) is 2.53. The van der Waals surface area contributed by atoms with Gasteiger partial charge in [0, 0.05) is 22.6 Å². The van der Waals surface area contributed by atoms with Gasteiger partial charge < -0.3 is 5.32 Å². The fourth-order valence-electron chi connectivity index (χ4n) is 1.83. The van der Waals surface area contributed by atoms with Crippen LogP contribution in [0.5, 0.6) is 0 Å². The Morgan fingerprint density at radius 1 is 1.36 bits per heavy atom. The first kappa shape index (κ1) is 16.2. The lowest BCUT2D eigenvalue weighted by atomic mass is 10.2. The van der Waals surface area contributed by atoms with Crippen LogP contribution in [0, 0.1) is 0 Å². The first-order chi connectivity index (χ1) is 10.7. The first-order valence-corrected chi connectivity index (χ1v) is 7.73. The average molecular weight is 361 g/mol. The highest BCUT2D eigenvalue weighted by Crippen LogP contribution is 2.17. The minimum absolute atomic E-state index is 0.173. The third kappa shape index (κ3) is 4.96. The smallest absolute Gasteiger partial charge is 0.262 e. The summed E-state index contributed by atoms with van der Waals surface area (Å²) in [6, 6.07) is 11.0. The van der Waals surface area contributed by atoms with Crippen molar-refractivity contribution in [3.05, 3.63) is 58.8 Å². The van der Waals surface area contributed by atoms with Gasteiger partial charge in [0.1, 0.15) is 6.04 Å². The molecule has 1 amide bonds. The molecule has 0 saturated heterocycles. The minimum atomic E-state index is -0.344. The van der Waals surface area contributed by atoms with Crippen molar-refractivity contribution in [2.45, 2.75) is 19.4 Å². The van der Waals surface area contributed by atoms with Gasteiger partial charge >= 0.3 is 0 Å². The summed E-state index contributed by atoms with van der Waals surface area (Å²) in [5.74, 6) is -0.173. The van der Waals surface area contributed by atoms with Crippen LogP contribution in [0.15, 0.2) is 58.4 Å². The molecule has 2 N–H and O–H groups in total. The second-order valence-corrected chi connectivity index (χ2v) is 5.55. The molecule has 0 bridgehead atoms. The van der Waals surface area contributed by atoms with E-state index in [4.69, 9.17) is 0 Å². The molecule has 6 heteroatoms. The lowest BCUT2D eigenvalue weighted by Gasteiger charge is -2.16. The zero-order valence-electron chi connectivity index (χ0n) is 12.2. The van der Waals surface area contributed by atoms with Crippen molar-refractivity contribution in [2.24, 2.45) is 5.10 Å². The summed E-state index contributed by atoms with van der Waals surface area (Å²) in [6.45, 7) is 1.95. The normalized spacial score (nSPS) is 12.1. The molecule has 0 fully saturated rings. The molecule has 114 valence electrons. The van der Waals surface area contributed by atoms with Crippen molar-refractivity contribution in [3.63, 3.8) is 0 Å². The summed E-state index contributed by atoms with van der Waals surface area (Å²) >= 11 is 3.41. The summed E-state index contributed by atoms with van der Waals surface area (Å²) in [5.41, 5.74) is 4.31. The molecule has 1 atom stereocenters. The van der Waals surface area contributed by atoms with E-state index in [1.165, 1.54) is 0 Å². The number of hydrogen-bond acceptors (Lipinski definition) is 4. The van der Waals surface area contributed by atoms with Crippen molar-refractivity contribution in [3.8, 4) is 0 Å². The van der Waals surface area contributed by atoms with E-state index in [1.54, 1.807) is 18.6 Å². The maximum Gasteiger partial charge on any atom is 0.262 e. The molecule has 1 aromatic carbocycles. The zero-order chi connectivity index (χ0) is 15.8. The van der Waals surface area contributed by atoms with Gasteiger partial charge in [-0.2, -0.15) is 5.10 Å². The maximum absolute atomic E-state index is 12.1. The van der Waals surface area contributed by atoms with Crippen molar-refractivity contribution < 1.29 is 4.79 Å². The van der Waals surface area contributed by atoms with Gasteiger partial charge in [-0.3, -0.25) is 9.78 Å². The topological polar surface area (TPSA) is 66.4 Å². The monoisotopic (exact) mass is 360 g/mol. The molecule has 0 radical (unpaired) electrons. The van der Waals surface area contributed by atoms with Crippen LogP contribution in [0.1, 0.15) is 18.9 Å². The predicted molar refractivity (Wildman–Crippen MR) is 91.8 cm³/mol. The predicted octanol–water partition coefficient (Wildman–Crippen LogP) is 3.18. The molecular formula is C16H17BrN4O. The summed E-state index contributed by atoms with van der Waals surface area (Å²) in [6.07, 6.45) is 5.59.